The maximum absolute atomic E-state index is 10.9. The van der Waals surface area contributed by atoms with Crippen molar-refractivity contribution in [1.29, 1.82) is 0 Å². The molecule has 2 aromatic carbocycles. The Morgan fingerprint density at radius 1 is 0.792 bits per heavy atom. The third-order valence-corrected chi connectivity index (χ3v) is 4.19. The van der Waals surface area contributed by atoms with Crippen LogP contribution in [0.3, 0.4) is 0 Å². The molecule has 8 nitrogen and oxygen atoms in total. The molecule has 0 aromatic heterocycles. The minimum absolute atomic E-state index is 0.119. The molecular formula is C16H16N2O6. The normalized spacial score (nSPS) is 16.0. The van der Waals surface area contributed by atoms with Crippen molar-refractivity contribution >= 4 is 11.4 Å². The highest BCUT2D eigenvalue weighted by atomic mass is 16.6. The first kappa shape index (κ1) is 17.5. The van der Waals surface area contributed by atoms with Gasteiger partial charge in [-0.1, -0.05) is 24.3 Å². The molecule has 24 heavy (non-hydrogen) atoms. The molecule has 2 N–H and O–H groups in total. The lowest BCUT2D eigenvalue weighted by Crippen LogP contribution is -2.45. The van der Waals surface area contributed by atoms with Crippen LogP contribution in [0.4, 0.5) is 11.4 Å². The highest BCUT2D eigenvalue weighted by Crippen LogP contribution is 2.41. The number of nitrogens with zero attached hydrogens (tertiary/aromatic N) is 2. The Hall–Kier alpha value is -2.84. The van der Waals surface area contributed by atoms with E-state index in [9.17, 15) is 30.4 Å². The number of non-ortho nitro benzene ring substituents is 2. The van der Waals surface area contributed by atoms with E-state index >= 15 is 0 Å². The van der Waals surface area contributed by atoms with Crippen LogP contribution in [0.5, 0.6) is 0 Å². The van der Waals surface area contributed by atoms with E-state index in [4.69, 9.17) is 0 Å². The largest absolute Gasteiger partial charge is 0.382 e. The van der Waals surface area contributed by atoms with Crippen molar-refractivity contribution in [1.82, 2.24) is 0 Å². The lowest BCUT2D eigenvalue weighted by Gasteiger charge is -2.39. The van der Waals surface area contributed by atoms with Crippen molar-refractivity contribution in [3.8, 4) is 0 Å². The zero-order valence-corrected chi connectivity index (χ0v) is 13.0. The quantitative estimate of drug-likeness (QED) is 0.640. The third-order valence-electron chi connectivity index (χ3n) is 4.19. The van der Waals surface area contributed by atoms with Crippen molar-refractivity contribution in [2.45, 2.75) is 25.0 Å². The summed E-state index contributed by atoms with van der Waals surface area (Å²) in [6, 6.07) is 10.5. The molecule has 0 fully saturated rings. The van der Waals surface area contributed by atoms with Crippen LogP contribution in [0.25, 0.3) is 0 Å². The average Bonchev–Trinajstić information content (AvgIpc) is 2.54. The van der Waals surface area contributed by atoms with Gasteiger partial charge in [0.25, 0.3) is 11.4 Å². The Morgan fingerprint density at radius 3 is 1.42 bits per heavy atom. The predicted octanol–water partition coefficient (Wildman–Crippen LogP) is 2.62. The van der Waals surface area contributed by atoms with Gasteiger partial charge in [-0.05, 0) is 25.0 Å². The fourth-order valence-corrected chi connectivity index (χ4v) is 2.41. The smallest absolute Gasteiger partial charge is 0.269 e. The van der Waals surface area contributed by atoms with Crippen molar-refractivity contribution in [3.05, 3.63) is 79.9 Å². The van der Waals surface area contributed by atoms with Gasteiger partial charge in [0.2, 0.25) is 0 Å². The van der Waals surface area contributed by atoms with Crippen LogP contribution in [0, 0.1) is 20.2 Å². The number of nitro benzene ring substituents is 2. The van der Waals surface area contributed by atoms with Gasteiger partial charge in [0, 0.05) is 24.3 Å². The molecule has 0 radical (unpaired) electrons. The molecule has 0 bridgehead atoms. The minimum atomic E-state index is -1.92. The zero-order valence-electron chi connectivity index (χ0n) is 13.0. The number of hydrogen-bond donors (Lipinski definition) is 2. The summed E-state index contributed by atoms with van der Waals surface area (Å²) in [5.74, 6) is 0. The van der Waals surface area contributed by atoms with E-state index in [0.717, 1.165) is 12.1 Å². The lowest BCUT2D eigenvalue weighted by atomic mass is 9.75. The monoisotopic (exact) mass is 332 g/mol. The molecule has 2 rings (SSSR count). The molecule has 0 aliphatic rings. The summed E-state index contributed by atoms with van der Waals surface area (Å²) in [4.78, 5) is 20.6. The molecular weight excluding hydrogens is 316 g/mol. The second-order valence-corrected chi connectivity index (χ2v) is 5.76. The van der Waals surface area contributed by atoms with Crippen molar-refractivity contribution < 1.29 is 20.1 Å². The molecule has 0 saturated carbocycles. The Bertz CT molecular complexity index is 733. The molecule has 0 aliphatic heterocycles. The summed E-state index contributed by atoms with van der Waals surface area (Å²) in [6.07, 6.45) is 0. The van der Waals surface area contributed by atoms with E-state index in [1.807, 2.05) is 0 Å². The molecule has 2 unspecified atom stereocenters. The number of rotatable bonds is 5. The number of aliphatic hydroxyl groups is 2. The first-order valence-electron chi connectivity index (χ1n) is 7.02. The SMILES string of the molecule is CC(O)(c1cccc([N+](=O)[O-])c1)C(C)(O)c1cccc([N+](=O)[O-])c1. The molecule has 2 atom stereocenters. The van der Waals surface area contributed by atoms with Crippen molar-refractivity contribution in [3.63, 3.8) is 0 Å². The highest BCUT2D eigenvalue weighted by molar-refractivity contribution is 5.43. The van der Waals surface area contributed by atoms with E-state index in [0.29, 0.717) is 0 Å². The highest BCUT2D eigenvalue weighted by Gasteiger charge is 2.45. The van der Waals surface area contributed by atoms with E-state index in [1.54, 1.807) is 0 Å². The first-order valence-corrected chi connectivity index (χ1v) is 7.02. The van der Waals surface area contributed by atoms with E-state index in [-0.39, 0.29) is 22.5 Å². The van der Waals surface area contributed by atoms with Crippen molar-refractivity contribution in [2.75, 3.05) is 0 Å². The van der Waals surface area contributed by atoms with Crippen LogP contribution in [0.15, 0.2) is 48.5 Å². The van der Waals surface area contributed by atoms with Crippen LogP contribution in [-0.2, 0) is 11.2 Å². The number of hydrogen-bond acceptors (Lipinski definition) is 6. The molecule has 0 spiro atoms. The van der Waals surface area contributed by atoms with Crippen LogP contribution in [-0.4, -0.2) is 20.1 Å². The molecule has 0 aliphatic carbocycles. The second-order valence-electron chi connectivity index (χ2n) is 5.76. The van der Waals surface area contributed by atoms with Crippen LogP contribution in [0.1, 0.15) is 25.0 Å². The minimum Gasteiger partial charge on any atom is -0.382 e. The second kappa shape index (κ2) is 5.99. The van der Waals surface area contributed by atoms with Crippen LogP contribution < -0.4 is 0 Å². The van der Waals surface area contributed by atoms with Gasteiger partial charge < -0.3 is 10.2 Å². The van der Waals surface area contributed by atoms with Gasteiger partial charge in [-0.3, -0.25) is 20.2 Å². The summed E-state index contributed by atoms with van der Waals surface area (Å²) >= 11 is 0. The Balaban J connectivity index is 2.54. The van der Waals surface area contributed by atoms with Crippen molar-refractivity contribution in [2.24, 2.45) is 0 Å². The molecule has 126 valence electrons. The molecule has 0 amide bonds. The van der Waals surface area contributed by atoms with E-state index in [2.05, 4.69) is 0 Å². The van der Waals surface area contributed by atoms with Gasteiger partial charge >= 0.3 is 0 Å². The van der Waals surface area contributed by atoms with Crippen LogP contribution in [0.2, 0.25) is 0 Å². The maximum Gasteiger partial charge on any atom is 0.269 e. The Labute approximate surface area is 137 Å². The summed E-state index contributed by atoms with van der Waals surface area (Å²) in [7, 11) is 0. The van der Waals surface area contributed by atoms with Crippen LogP contribution >= 0.6 is 0 Å². The fraction of sp³-hybridized carbons (Fsp3) is 0.250. The van der Waals surface area contributed by atoms with Gasteiger partial charge in [0.1, 0.15) is 11.2 Å². The molecule has 0 heterocycles. The summed E-state index contributed by atoms with van der Waals surface area (Å²) in [6.45, 7) is 2.59. The maximum atomic E-state index is 10.9. The van der Waals surface area contributed by atoms with Gasteiger partial charge in [-0.25, -0.2) is 0 Å². The summed E-state index contributed by atoms with van der Waals surface area (Å²) < 4.78 is 0. The zero-order chi connectivity index (χ0) is 18.1. The van der Waals surface area contributed by atoms with Gasteiger partial charge in [-0.15, -0.1) is 0 Å². The molecule has 0 saturated heterocycles. The van der Waals surface area contributed by atoms with Gasteiger partial charge in [-0.2, -0.15) is 0 Å². The summed E-state index contributed by atoms with van der Waals surface area (Å²) in [5, 5.41) is 43.5. The average molecular weight is 332 g/mol. The standard InChI is InChI=1S/C16H16N2O6/c1-15(19,11-5-3-7-13(9-11)17(21)22)16(2,20)12-6-4-8-14(10-12)18(23)24/h3-10,19-20H,1-2H3. The Kier molecular flexibility index (Phi) is 4.37. The number of benzene rings is 2. The first-order chi connectivity index (χ1) is 11.1. The molecule has 2 aromatic rings. The Morgan fingerprint density at radius 2 is 1.12 bits per heavy atom. The van der Waals surface area contributed by atoms with E-state index < -0.39 is 21.0 Å². The number of nitro groups is 2. The van der Waals surface area contributed by atoms with E-state index in [1.165, 1.54) is 50.2 Å². The van der Waals surface area contributed by atoms with Gasteiger partial charge in [0.05, 0.1) is 9.85 Å². The fourth-order valence-electron chi connectivity index (χ4n) is 2.41. The lowest BCUT2D eigenvalue weighted by molar-refractivity contribution is -0.385. The topological polar surface area (TPSA) is 127 Å². The summed E-state index contributed by atoms with van der Waals surface area (Å²) in [5.41, 5.74) is -4.07. The molecule has 8 heteroatoms. The van der Waals surface area contributed by atoms with Gasteiger partial charge in [0.15, 0.2) is 0 Å². The third kappa shape index (κ3) is 2.97. The predicted molar refractivity (Wildman–Crippen MR) is 85.3 cm³/mol.